The van der Waals surface area contributed by atoms with Gasteiger partial charge in [-0.25, -0.2) is 0 Å². The molecule has 1 fully saturated rings. The largest absolute Gasteiger partial charge is 0.373 e. The van der Waals surface area contributed by atoms with Crippen LogP contribution in [-0.2, 0) is 4.74 Å². The summed E-state index contributed by atoms with van der Waals surface area (Å²) < 4.78 is 9.98. The van der Waals surface area contributed by atoms with E-state index in [4.69, 9.17) is 4.74 Å². The van der Waals surface area contributed by atoms with Crippen molar-refractivity contribution in [3.8, 4) is 0 Å². The van der Waals surface area contributed by atoms with Crippen LogP contribution in [0.5, 0.6) is 0 Å². The molecule has 2 aliphatic heterocycles. The van der Waals surface area contributed by atoms with Crippen molar-refractivity contribution >= 4 is 29.2 Å². The molecule has 102 valence electrons. The Labute approximate surface area is 123 Å². The summed E-state index contributed by atoms with van der Waals surface area (Å²) in [6.45, 7) is 1.96. The molecule has 2 aliphatic rings. The first-order chi connectivity index (χ1) is 9.92. The Bertz CT molecular complexity index is 600. The Kier molecular flexibility index (Phi) is 3.05. The number of benzene rings is 2. The Hall–Kier alpha value is -1.65. The standard InChI is InChI=1S/C16H16N2OS/c1-2-6-13(7-3-1)18-16-9-5-4-8-15(16)17(20-18)11-10-14-12-19-14/h1-9,14H,10-12H2. The number of para-hydroxylation sites is 3. The molecule has 0 aliphatic carbocycles. The van der Waals surface area contributed by atoms with Crippen molar-refractivity contribution in [2.45, 2.75) is 12.5 Å². The summed E-state index contributed by atoms with van der Waals surface area (Å²) in [4.78, 5) is 0. The van der Waals surface area contributed by atoms with Crippen LogP contribution in [0.4, 0.5) is 17.1 Å². The number of epoxide rings is 1. The van der Waals surface area contributed by atoms with Gasteiger partial charge in [0.15, 0.2) is 0 Å². The van der Waals surface area contributed by atoms with E-state index in [2.05, 4.69) is 63.2 Å². The zero-order valence-electron chi connectivity index (χ0n) is 11.1. The number of hydrogen-bond acceptors (Lipinski definition) is 4. The third-order valence-electron chi connectivity index (χ3n) is 3.60. The van der Waals surface area contributed by atoms with Gasteiger partial charge in [-0.2, -0.15) is 0 Å². The minimum absolute atomic E-state index is 0.480. The minimum Gasteiger partial charge on any atom is -0.373 e. The number of nitrogens with zero attached hydrogens (tertiary/aromatic N) is 2. The van der Waals surface area contributed by atoms with Gasteiger partial charge in [0.05, 0.1) is 41.9 Å². The van der Waals surface area contributed by atoms with Gasteiger partial charge in [0.2, 0.25) is 0 Å². The highest BCUT2D eigenvalue weighted by Crippen LogP contribution is 2.48. The van der Waals surface area contributed by atoms with E-state index in [9.17, 15) is 0 Å². The van der Waals surface area contributed by atoms with Crippen molar-refractivity contribution in [1.29, 1.82) is 0 Å². The van der Waals surface area contributed by atoms with E-state index < -0.39 is 0 Å². The molecule has 0 radical (unpaired) electrons. The summed E-state index contributed by atoms with van der Waals surface area (Å²) in [7, 11) is 0. The monoisotopic (exact) mass is 284 g/mol. The summed E-state index contributed by atoms with van der Waals surface area (Å²) in [6, 6.07) is 19.1. The molecule has 2 heterocycles. The van der Waals surface area contributed by atoms with Crippen LogP contribution in [0.3, 0.4) is 0 Å². The minimum atomic E-state index is 0.480. The molecule has 0 amide bonds. The van der Waals surface area contributed by atoms with Crippen LogP contribution in [0.25, 0.3) is 0 Å². The number of rotatable bonds is 4. The van der Waals surface area contributed by atoms with Crippen LogP contribution in [0.2, 0.25) is 0 Å². The molecule has 3 nitrogen and oxygen atoms in total. The van der Waals surface area contributed by atoms with Gasteiger partial charge < -0.3 is 4.74 Å². The predicted molar refractivity (Wildman–Crippen MR) is 84.3 cm³/mol. The highest BCUT2D eigenvalue weighted by molar-refractivity contribution is 8.02. The molecule has 1 saturated heterocycles. The Morgan fingerprint density at radius 3 is 2.45 bits per heavy atom. The quantitative estimate of drug-likeness (QED) is 0.624. The maximum Gasteiger partial charge on any atom is 0.0827 e. The fourth-order valence-corrected chi connectivity index (χ4v) is 3.53. The van der Waals surface area contributed by atoms with Gasteiger partial charge in [-0.1, -0.05) is 30.3 Å². The van der Waals surface area contributed by atoms with Gasteiger partial charge in [-0.15, -0.1) is 0 Å². The molecule has 0 spiro atoms. The lowest BCUT2D eigenvalue weighted by atomic mass is 10.2. The molecule has 20 heavy (non-hydrogen) atoms. The van der Waals surface area contributed by atoms with Crippen LogP contribution in [0, 0.1) is 0 Å². The first-order valence-corrected chi connectivity index (χ1v) is 7.66. The second-order valence-electron chi connectivity index (χ2n) is 5.05. The predicted octanol–water partition coefficient (Wildman–Crippen LogP) is 4.00. The van der Waals surface area contributed by atoms with Crippen molar-refractivity contribution in [3.05, 3.63) is 54.6 Å². The number of ether oxygens (including phenoxy) is 1. The van der Waals surface area contributed by atoms with E-state index in [1.807, 2.05) is 0 Å². The van der Waals surface area contributed by atoms with Gasteiger partial charge in [-0.3, -0.25) is 8.61 Å². The molecule has 1 unspecified atom stereocenters. The van der Waals surface area contributed by atoms with Crippen molar-refractivity contribution in [3.63, 3.8) is 0 Å². The Morgan fingerprint density at radius 2 is 1.70 bits per heavy atom. The molecule has 2 aromatic carbocycles. The average molecular weight is 284 g/mol. The molecule has 0 aromatic heterocycles. The molecule has 2 aromatic rings. The highest BCUT2D eigenvalue weighted by atomic mass is 32.2. The lowest BCUT2D eigenvalue weighted by molar-refractivity contribution is 0.399. The second kappa shape index (κ2) is 5.04. The smallest absolute Gasteiger partial charge is 0.0827 e. The van der Waals surface area contributed by atoms with Crippen LogP contribution in [-0.4, -0.2) is 19.3 Å². The second-order valence-corrected chi connectivity index (χ2v) is 6.02. The lowest BCUT2D eigenvalue weighted by Gasteiger charge is -2.19. The van der Waals surface area contributed by atoms with Gasteiger partial charge in [0.25, 0.3) is 0 Å². The van der Waals surface area contributed by atoms with Crippen molar-refractivity contribution in [2.75, 3.05) is 21.8 Å². The molecular weight excluding hydrogens is 268 g/mol. The zero-order valence-corrected chi connectivity index (χ0v) is 11.9. The van der Waals surface area contributed by atoms with E-state index >= 15 is 0 Å². The van der Waals surface area contributed by atoms with Gasteiger partial charge in [0.1, 0.15) is 0 Å². The lowest BCUT2D eigenvalue weighted by Crippen LogP contribution is -2.16. The third-order valence-corrected chi connectivity index (χ3v) is 4.74. The molecule has 4 rings (SSSR count). The average Bonchev–Trinajstić information content (AvgIpc) is 3.27. The Morgan fingerprint density at radius 1 is 1.00 bits per heavy atom. The van der Waals surface area contributed by atoms with Crippen molar-refractivity contribution in [2.24, 2.45) is 0 Å². The maximum absolute atomic E-state index is 5.32. The molecule has 0 saturated carbocycles. The first kappa shape index (κ1) is 12.1. The van der Waals surface area contributed by atoms with Crippen LogP contribution >= 0.6 is 12.1 Å². The molecule has 0 N–H and O–H groups in total. The topological polar surface area (TPSA) is 19.0 Å². The molecule has 0 bridgehead atoms. The van der Waals surface area contributed by atoms with E-state index in [-0.39, 0.29) is 0 Å². The van der Waals surface area contributed by atoms with Crippen LogP contribution in [0.1, 0.15) is 6.42 Å². The maximum atomic E-state index is 5.32. The number of fused-ring (bicyclic) bond motifs is 1. The summed E-state index contributed by atoms with van der Waals surface area (Å²) >= 11 is 1.77. The van der Waals surface area contributed by atoms with Gasteiger partial charge in [0, 0.05) is 6.54 Å². The zero-order chi connectivity index (χ0) is 13.4. The molecule has 1 atom stereocenters. The normalized spacial score (nSPS) is 20.1. The number of anilines is 3. The first-order valence-electron chi connectivity index (χ1n) is 6.93. The summed E-state index contributed by atoms with van der Waals surface area (Å²) in [5, 5.41) is 0. The SMILES string of the molecule is c1ccc(N2SN(CCC3CO3)c3ccccc32)cc1. The summed E-state index contributed by atoms with van der Waals surface area (Å²) in [5.41, 5.74) is 3.78. The van der Waals surface area contributed by atoms with Crippen molar-refractivity contribution in [1.82, 2.24) is 0 Å². The van der Waals surface area contributed by atoms with Crippen LogP contribution < -0.4 is 8.61 Å². The van der Waals surface area contributed by atoms with E-state index in [1.54, 1.807) is 12.1 Å². The molecule has 4 heteroatoms. The molecular formula is C16H16N2OS. The van der Waals surface area contributed by atoms with E-state index in [0.29, 0.717) is 6.10 Å². The summed E-state index contributed by atoms with van der Waals surface area (Å²) in [6.07, 6.45) is 1.58. The number of hydrogen-bond donors (Lipinski definition) is 0. The Balaban J connectivity index is 1.62. The van der Waals surface area contributed by atoms with Crippen molar-refractivity contribution < 1.29 is 4.74 Å². The third kappa shape index (κ3) is 2.25. The van der Waals surface area contributed by atoms with E-state index in [0.717, 1.165) is 19.6 Å². The fraction of sp³-hybridized carbons (Fsp3) is 0.250. The van der Waals surface area contributed by atoms with Crippen LogP contribution in [0.15, 0.2) is 54.6 Å². The van der Waals surface area contributed by atoms with Gasteiger partial charge in [-0.05, 0) is 30.7 Å². The summed E-state index contributed by atoms with van der Waals surface area (Å²) in [5.74, 6) is 0. The van der Waals surface area contributed by atoms with Gasteiger partial charge >= 0.3 is 0 Å². The highest BCUT2D eigenvalue weighted by Gasteiger charge is 2.30. The fourth-order valence-electron chi connectivity index (χ4n) is 2.44. The van der Waals surface area contributed by atoms with E-state index in [1.165, 1.54) is 17.1 Å².